The third kappa shape index (κ3) is 3.09. The molecule has 1 atom stereocenters. The van der Waals surface area contributed by atoms with Crippen LogP contribution in [-0.2, 0) is 4.74 Å². The minimum absolute atomic E-state index is 0. The van der Waals surface area contributed by atoms with E-state index >= 15 is 0 Å². The summed E-state index contributed by atoms with van der Waals surface area (Å²) in [5.74, 6) is -0.148. The van der Waals surface area contributed by atoms with Gasteiger partial charge in [0, 0.05) is 6.42 Å². The number of benzene rings is 1. The van der Waals surface area contributed by atoms with E-state index in [-0.39, 0.29) is 34.2 Å². The van der Waals surface area contributed by atoms with Crippen LogP contribution in [0.2, 0.25) is 10.0 Å². The molecule has 2 N–H and O–H groups in total. The van der Waals surface area contributed by atoms with E-state index in [0.29, 0.717) is 13.0 Å². The largest absolute Gasteiger partial charge is 0.505 e. The van der Waals surface area contributed by atoms with Crippen LogP contribution in [0.25, 0.3) is 0 Å². The molecule has 0 unspecified atom stereocenters. The number of ether oxygens (including phenoxy) is 1. The number of hydrogen-bond donors (Lipinski definition) is 2. The average molecular weight is 299 g/mol. The van der Waals surface area contributed by atoms with Crippen molar-refractivity contribution in [2.24, 2.45) is 0 Å². The predicted molar refractivity (Wildman–Crippen MR) is 67.2 cm³/mol. The van der Waals surface area contributed by atoms with Crippen molar-refractivity contribution in [3.8, 4) is 5.75 Å². The summed E-state index contributed by atoms with van der Waals surface area (Å²) in [6.45, 7) is 0.354. The van der Waals surface area contributed by atoms with E-state index in [0.717, 1.165) is 5.56 Å². The molecule has 1 amide bonds. The number of hydrogen-bond acceptors (Lipinski definition) is 3. The van der Waals surface area contributed by atoms with Gasteiger partial charge in [-0.2, -0.15) is 0 Å². The second-order valence-corrected chi connectivity index (χ2v) is 4.27. The summed E-state index contributed by atoms with van der Waals surface area (Å²) in [7, 11) is 0. The minimum atomic E-state index is -0.462. The molecule has 0 saturated carbocycles. The SMILES string of the molecule is Cl.O=C1N[C@@H](c2cc(Cl)c(O)c(Cl)c2)CCO1. The Morgan fingerprint density at radius 3 is 2.47 bits per heavy atom. The van der Waals surface area contributed by atoms with E-state index in [1.807, 2.05) is 0 Å². The van der Waals surface area contributed by atoms with Crippen molar-refractivity contribution in [2.75, 3.05) is 6.61 Å². The van der Waals surface area contributed by atoms with Gasteiger partial charge in [-0.25, -0.2) is 4.79 Å². The normalized spacial score (nSPS) is 18.9. The highest BCUT2D eigenvalue weighted by atomic mass is 35.5. The van der Waals surface area contributed by atoms with Gasteiger partial charge in [0.15, 0.2) is 5.75 Å². The smallest absolute Gasteiger partial charge is 0.407 e. The zero-order valence-corrected chi connectivity index (χ0v) is 10.9. The van der Waals surface area contributed by atoms with Crippen LogP contribution in [-0.4, -0.2) is 17.8 Å². The van der Waals surface area contributed by atoms with Gasteiger partial charge in [-0.3, -0.25) is 0 Å². The maximum atomic E-state index is 11.0. The third-order valence-electron chi connectivity index (χ3n) is 2.37. The molecule has 2 rings (SSSR count). The molecule has 0 radical (unpaired) electrons. The van der Waals surface area contributed by atoms with E-state index in [1.54, 1.807) is 12.1 Å². The Morgan fingerprint density at radius 2 is 1.94 bits per heavy atom. The Kier molecular flexibility index (Phi) is 4.74. The lowest BCUT2D eigenvalue weighted by Crippen LogP contribution is -2.35. The van der Waals surface area contributed by atoms with Crippen molar-refractivity contribution < 1.29 is 14.6 Å². The van der Waals surface area contributed by atoms with E-state index in [4.69, 9.17) is 27.9 Å². The van der Waals surface area contributed by atoms with Crippen LogP contribution >= 0.6 is 35.6 Å². The fourth-order valence-electron chi connectivity index (χ4n) is 1.56. The van der Waals surface area contributed by atoms with Crippen molar-refractivity contribution in [3.63, 3.8) is 0 Å². The van der Waals surface area contributed by atoms with Crippen molar-refractivity contribution >= 4 is 41.7 Å². The number of carbonyl (C=O) groups is 1. The van der Waals surface area contributed by atoms with Crippen molar-refractivity contribution in [1.29, 1.82) is 0 Å². The first kappa shape index (κ1) is 14.2. The van der Waals surface area contributed by atoms with Gasteiger partial charge in [-0.1, -0.05) is 23.2 Å². The number of carbonyl (C=O) groups excluding carboxylic acids is 1. The molecular formula is C10H10Cl3NO3. The predicted octanol–water partition coefficient (Wildman–Crippen LogP) is 3.29. The van der Waals surface area contributed by atoms with Gasteiger partial charge < -0.3 is 15.2 Å². The molecule has 1 aliphatic heterocycles. The fraction of sp³-hybridized carbons (Fsp3) is 0.300. The third-order valence-corrected chi connectivity index (χ3v) is 2.95. The zero-order chi connectivity index (χ0) is 11.7. The second kappa shape index (κ2) is 5.67. The zero-order valence-electron chi connectivity index (χ0n) is 8.57. The summed E-state index contributed by atoms with van der Waals surface area (Å²) in [6, 6.07) is 2.98. The molecule has 0 aliphatic carbocycles. The van der Waals surface area contributed by atoms with E-state index in [1.165, 1.54) is 0 Å². The van der Waals surface area contributed by atoms with Crippen LogP contribution in [0, 0.1) is 0 Å². The Morgan fingerprint density at radius 1 is 1.35 bits per heavy atom. The number of aromatic hydroxyl groups is 1. The van der Waals surface area contributed by atoms with Crippen molar-refractivity contribution in [1.82, 2.24) is 5.32 Å². The molecule has 1 aromatic rings. The first-order valence-corrected chi connectivity index (χ1v) is 5.44. The Hall–Kier alpha value is -0.840. The van der Waals surface area contributed by atoms with E-state index < -0.39 is 6.09 Å². The van der Waals surface area contributed by atoms with Crippen molar-refractivity contribution in [2.45, 2.75) is 12.5 Å². The lowest BCUT2D eigenvalue weighted by Gasteiger charge is -2.24. The summed E-state index contributed by atoms with van der Waals surface area (Å²) < 4.78 is 4.75. The molecule has 1 fully saturated rings. The number of phenolic OH excluding ortho intramolecular Hbond substituents is 1. The molecule has 0 aromatic heterocycles. The highest BCUT2D eigenvalue weighted by molar-refractivity contribution is 6.37. The van der Waals surface area contributed by atoms with Crippen molar-refractivity contribution in [3.05, 3.63) is 27.7 Å². The monoisotopic (exact) mass is 297 g/mol. The number of nitrogens with one attached hydrogen (secondary N) is 1. The van der Waals surface area contributed by atoms with Crippen LogP contribution in [0.3, 0.4) is 0 Å². The summed E-state index contributed by atoms with van der Waals surface area (Å²) in [4.78, 5) is 11.0. The van der Waals surface area contributed by atoms with Gasteiger partial charge in [-0.05, 0) is 17.7 Å². The molecule has 1 aromatic carbocycles. The van der Waals surface area contributed by atoms with Crippen LogP contribution < -0.4 is 5.32 Å². The van der Waals surface area contributed by atoms with Crippen LogP contribution in [0.5, 0.6) is 5.75 Å². The number of halogens is 3. The molecule has 1 heterocycles. The molecule has 0 spiro atoms. The number of phenols is 1. The van der Waals surface area contributed by atoms with Gasteiger partial charge in [0.1, 0.15) is 0 Å². The summed E-state index contributed by atoms with van der Waals surface area (Å²) in [5.41, 5.74) is 0.754. The van der Waals surface area contributed by atoms with Gasteiger partial charge in [0.2, 0.25) is 0 Å². The van der Waals surface area contributed by atoms with Crippen LogP contribution in [0.1, 0.15) is 18.0 Å². The minimum Gasteiger partial charge on any atom is -0.505 e. The van der Waals surface area contributed by atoms with E-state index in [2.05, 4.69) is 5.32 Å². The molecule has 7 heteroatoms. The maximum Gasteiger partial charge on any atom is 0.407 e. The fourth-order valence-corrected chi connectivity index (χ4v) is 2.07. The Bertz CT molecular complexity index is 416. The molecular weight excluding hydrogens is 288 g/mol. The highest BCUT2D eigenvalue weighted by Gasteiger charge is 2.22. The van der Waals surface area contributed by atoms with Gasteiger partial charge in [-0.15, -0.1) is 12.4 Å². The maximum absolute atomic E-state index is 11.0. The quantitative estimate of drug-likeness (QED) is 0.836. The summed E-state index contributed by atoms with van der Waals surface area (Å²) in [6.07, 6.45) is 0.181. The Labute approximate surface area is 114 Å². The number of alkyl carbamates (subject to hydrolysis) is 1. The van der Waals surface area contributed by atoms with E-state index in [9.17, 15) is 9.90 Å². The molecule has 94 valence electrons. The first-order valence-electron chi connectivity index (χ1n) is 4.69. The van der Waals surface area contributed by atoms with Crippen LogP contribution in [0.4, 0.5) is 4.79 Å². The first-order chi connectivity index (χ1) is 7.58. The topological polar surface area (TPSA) is 58.6 Å². The van der Waals surface area contributed by atoms with Gasteiger partial charge in [0.05, 0.1) is 22.7 Å². The summed E-state index contributed by atoms with van der Waals surface area (Å²) in [5, 5.41) is 12.4. The average Bonchev–Trinajstić information content (AvgIpc) is 2.25. The molecule has 17 heavy (non-hydrogen) atoms. The lowest BCUT2D eigenvalue weighted by molar-refractivity contribution is 0.115. The number of amides is 1. The number of rotatable bonds is 1. The summed E-state index contributed by atoms with van der Waals surface area (Å²) >= 11 is 11.6. The van der Waals surface area contributed by atoms with Gasteiger partial charge >= 0.3 is 6.09 Å². The standard InChI is InChI=1S/C10H9Cl2NO3.ClH/c11-6-3-5(4-7(12)9(6)14)8-1-2-16-10(15)13-8;/h3-4,8,14H,1-2H2,(H,13,15);1H/t8-;/m1./s1. The van der Waals surface area contributed by atoms with Crippen LogP contribution in [0.15, 0.2) is 12.1 Å². The molecule has 0 bridgehead atoms. The highest BCUT2D eigenvalue weighted by Crippen LogP contribution is 2.35. The molecule has 1 aliphatic rings. The Balaban J connectivity index is 0.00000144. The van der Waals surface area contributed by atoms with Gasteiger partial charge in [0.25, 0.3) is 0 Å². The molecule has 1 saturated heterocycles. The molecule has 4 nitrogen and oxygen atoms in total. The lowest BCUT2D eigenvalue weighted by atomic mass is 10.0. The number of cyclic esters (lactones) is 1. The second-order valence-electron chi connectivity index (χ2n) is 3.45.